The Hall–Kier alpha value is -1.88. The molecule has 176 valence electrons. The smallest absolute Gasteiger partial charge is 0.181 e. The van der Waals surface area contributed by atoms with E-state index >= 15 is 0 Å². The van der Waals surface area contributed by atoms with Crippen molar-refractivity contribution < 1.29 is 19.7 Å². The van der Waals surface area contributed by atoms with Crippen molar-refractivity contribution >= 4 is 17.4 Å². The number of benzene rings is 1. The summed E-state index contributed by atoms with van der Waals surface area (Å²) >= 11 is 7.50. The lowest BCUT2D eigenvalue weighted by molar-refractivity contribution is -0.148. The summed E-state index contributed by atoms with van der Waals surface area (Å²) in [5.74, 6) is 1.09. The van der Waals surface area contributed by atoms with Crippen LogP contribution >= 0.6 is 11.6 Å². The van der Waals surface area contributed by atoms with Crippen LogP contribution in [0.25, 0.3) is 0 Å². The molecule has 4 aliphatic rings. The normalized spacial score (nSPS) is 44.2. The Morgan fingerprint density at radius 3 is 2.58 bits per heavy atom. The highest BCUT2D eigenvalue weighted by atomic mass is 35.5. The summed E-state index contributed by atoms with van der Waals surface area (Å²) in [6.07, 6.45) is 6.05. The highest BCUT2D eigenvalue weighted by Crippen LogP contribution is 2.71. The molecule has 0 radical (unpaired) electrons. The van der Waals surface area contributed by atoms with Gasteiger partial charge in [-0.15, -0.1) is 11.6 Å². The minimum atomic E-state index is -1.27. The zero-order chi connectivity index (χ0) is 23.8. The molecule has 4 nitrogen and oxygen atoms in total. The van der Waals surface area contributed by atoms with Gasteiger partial charge in [0.1, 0.15) is 17.1 Å². The first-order valence-corrected chi connectivity index (χ1v) is 12.3. The van der Waals surface area contributed by atoms with Crippen LogP contribution in [-0.2, 0) is 4.79 Å². The Morgan fingerprint density at radius 1 is 1.18 bits per heavy atom. The average Bonchev–Trinajstić information content (AvgIpc) is 3.03. The first kappa shape index (κ1) is 22.9. The van der Waals surface area contributed by atoms with E-state index in [2.05, 4.69) is 20.4 Å². The van der Waals surface area contributed by atoms with Crippen LogP contribution in [0.15, 0.2) is 66.0 Å². The molecule has 5 rings (SSSR count). The second kappa shape index (κ2) is 7.31. The molecule has 7 atom stereocenters. The molecule has 0 amide bonds. The van der Waals surface area contributed by atoms with Gasteiger partial charge < -0.3 is 14.9 Å². The van der Waals surface area contributed by atoms with E-state index in [4.69, 9.17) is 16.3 Å². The van der Waals surface area contributed by atoms with Crippen LogP contribution in [0.2, 0.25) is 0 Å². The predicted molar refractivity (Wildman–Crippen MR) is 129 cm³/mol. The lowest BCUT2D eigenvalue weighted by Gasteiger charge is -2.64. The van der Waals surface area contributed by atoms with E-state index in [1.54, 1.807) is 6.08 Å². The van der Waals surface area contributed by atoms with Crippen molar-refractivity contribution in [1.82, 2.24) is 0 Å². The van der Waals surface area contributed by atoms with Gasteiger partial charge >= 0.3 is 0 Å². The number of ether oxygens (including phenoxy) is 1. The third kappa shape index (κ3) is 2.87. The van der Waals surface area contributed by atoms with Crippen LogP contribution in [0.3, 0.4) is 0 Å². The van der Waals surface area contributed by atoms with Gasteiger partial charge in [0.15, 0.2) is 5.78 Å². The molecular formula is C28H33ClO4. The van der Waals surface area contributed by atoms with Gasteiger partial charge in [0, 0.05) is 10.8 Å². The monoisotopic (exact) mass is 468 g/mol. The Morgan fingerprint density at radius 2 is 1.88 bits per heavy atom. The minimum Gasteiger partial charge on any atom is -0.459 e. The van der Waals surface area contributed by atoms with Crippen molar-refractivity contribution in [3.8, 4) is 5.75 Å². The molecule has 33 heavy (non-hydrogen) atoms. The van der Waals surface area contributed by atoms with Crippen LogP contribution in [0.4, 0.5) is 0 Å². The van der Waals surface area contributed by atoms with Crippen molar-refractivity contribution in [2.45, 2.75) is 69.5 Å². The maximum Gasteiger partial charge on any atom is 0.181 e. The molecule has 0 spiro atoms. The quantitative estimate of drug-likeness (QED) is 0.464. The molecule has 0 aliphatic heterocycles. The number of alkyl halides is 1. The summed E-state index contributed by atoms with van der Waals surface area (Å²) in [4.78, 5) is 11.4. The van der Waals surface area contributed by atoms with E-state index in [0.717, 1.165) is 24.8 Å². The third-order valence-electron chi connectivity index (χ3n) is 9.54. The van der Waals surface area contributed by atoms with Gasteiger partial charge in [0.05, 0.1) is 11.0 Å². The van der Waals surface area contributed by atoms with E-state index < -0.39 is 27.4 Å². The number of fused-ring (bicyclic) bond motifs is 5. The SMILES string of the molecule is C=C(Oc1ccccc1)[C@@]1(O)CC[C@H]2[C@@H]3CCC4=CC(=O)C(C)=C[C@]4(C)[C@@]3(Cl)[C@H](O)C[C@@]21C. The topological polar surface area (TPSA) is 66.8 Å². The highest BCUT2D eigenvalue weighted by Gasteiger charge is 2.72. The number of carbonyl (C=O) groups is 1. The number of halogens is 1. The van der Waals surface area contributed by atoms with E-state index in [0.29, 0.717) is 29.9 Å². The van der Waals surface area contributed by atoms with Crippen molar-refractivity contribution in [3.63, 3.8) is 0 Å². The molecule has 0 aromatic heterocycles. The first-order chi connectivity index (χ1) is 15.5. The van der Waals surface area contributed by atoms with Crippen molar-refractivity contribution in [1.29, 1.82) is 0 Å². The first-order valence-electron chi connectivity index (χ1n) is 11.9. The molecular weight excluding hydrogens is 436 g/mol. The van der Waals surface area contributed by atoms with Crippen LogP contribution < -0.4 is 4.74 Å². The zero-order valence-corrected chi connectivity index (χ0v) is 20.4. The molecule has 0 unspecified atom stereocenters. The molecule has 5 heteroatoms. The van der Waals surface area contributed by atoms with Crippen LogP contribution in [0.1, 0.15) is 52.9 Å². The summed E-state index contributed by atoms with van der Waals surface area (Å²) in [5, 5.41) is 23.7. The molecule has 2 N–H and O–H groups in total. The van der Waals surface area contributed by atoms with Gasteiger partial charge in [-0.05, 0) is 74.6 Å². The second-order valence-corrected chi connectivity index (χ2v) is 11.6. The average molecular weight is 469 g/mol. The molecule has 0 bridgehead atoms. The Labute approximate surface area is 201 Å². The number of ketones is 1. The number of allylic oxidation sites excluding steroid dienone is 4. The van der Waals surface area contributed by atoms with Crippen molar-refractivity contribution in [2.75, 3.05) is 0 Å². The van der Waals surface area contributed by atoms with Crippen LogP contribution in [-0.4, -0.2) is 32.6 Å². The van der Waals surface area contributed by atoms with Gasteiger partial charge in [-0.1, -0.05) is 50.3 Å². The van der Waals surface area contributed by atoms with Gasteiger partial charge in [0.2, 0.25) is 0 Å². The second-order valence-electron chi connectivity index (χ2n) is 11.0. The molecule has 0 heterocycles. The van der Waals surface area contributed by atoms with Gasteiger partial charge in [-0.25, -0.2) is 0 Å². The zero-order valence-electron chi connectivity index (χ0n) is 19.6. The summed E-state index contributed by atoms with van der Waals surface area (Å²) in [5.41, 5.74) is -0.804. The lowest BCUT2D eigenvalue weighted by Crippen LogP contribution is -2.68. The molecule has 1 aromatic carbocycles. The number of hydrogen-bond donors (Lipinski definition) is 2. The molecule has 1 aromatic rings. The third-order valence-corrected chi connectivity index (χ3v) is 10.5. The Kier molecular flexibility index (Phi) is 5.07. The maximum atomic E-state index is 12.4. The molecule has 4 aliphatic carbocycles. The van der Waals surface area contributed by atoms with E-state index in [1.807, 2.05) is 43.3 Å². The number of carbonyl (C=O) groups excluding carboxylic acids is 1. The van der Waals surface area contributed by atoms with Gasteiger partial charge in [-0.2, -0.15) is 0 Å². The number of aliphatic hydroxyl groups excluding tert-OH is 1. The number of hydrogen-bond acceptors (Lipinski definition) is 4. The van der Waals surface area contributed by atoms with E-state index in [-0.39, 0.29) is 17.6 Å². The fourth-order valence-electron chi connectivity index (χ4n) is 7.66. The molecule has 3 fully saturated rings. The molecule has 0 saturated heterocycles. The fraction of sp³-hybridized carbons (Fsp3) is 0.536. The summed E-state index contributed by atoms with van der Waals surface area (Å²) in [6, 6.07) is 9.37. The van der Waals surface area contributed by atoms with E-state index in [9.17, 15) is 15.0 Å². The van der Waals surface area contributed by atoms with Crippen LogP contribution in [0.5, 0.6) is 5.75 Å². The fourth-order valence-corrected chi connectivity index (χ4v) is 8.18. The van der Waals surface area contributed by atoms with Crippen LogP contribution in [0, 0.1) is 22.7 Å². The van der Waals surface area contributed by atoms with Gasteiger partial charge in [0.25, 0.3) is 0 Å². The summed E-state index contributed by atoms with van der Waals surface area (Å²) in [7, 11) is 0. The number of aliphatic hydroxyl groups is 2. The van der Waals surface area contributed by atoms with Crippen molar-refractivity contribution in [2.24, 2.45) is 22.7 Å². The summed E-state index contributed by atoms with van der Waals surface area (Å²) < 4.78 is 6.03. The number of para-hydroxylation sites is 1. The summed E-state index contributed by atoms with van der Waals surface area (Å²) in [6.45, 7) is 10.1. The number of rotatable bonds is 3. The Balaban J connectivity index is 1.52. The van der Waals surface area contributed by atoms with Crippen molar-refractivity contribution in [3.05, 3.63) is 66.0 Å². The maximum absolute atomic E-state index is 12.4. The highest BCUT2D eigenvalue weighted by molar-refractivity contribution is 6.26. The largest absolute Gasteiger partial charge is 0.459 e. The Bertz CT molecular complexity index is 1080. The minimum absolute atomic E-state index is 0.00845. The predicted octanol–water partition coefficient (Wildman–Crippen LogP) is 5.34. The molecule has 3 saturated carbocycles. The lowest BCUT2D eigenvalue weighted by atomic mass is 9.45. The standard InChI is InChI=1S/C28H33ClO4/c1-17-15-25(3)19(14-23(17)30)10-11-22-21-12-13-27(32,18(2)33-20-8-6-5-7-9-20)26(21,4)16-24(31)28(22,25)29/h5-9,14-15,21-22,24,31-32H,2,10-13,16H2,1,3-4H3/t21-,22-,24+,25-,26-,27-,28-/m0/s1. The van der Waals surface area contributed by atoms with E-state index in [1.165, 1.54) is 0 Å². The van der Waals surface area contributed by atoms with Gasteiger partial charge in [-0.3, -0.25) is 4.79 Å².